The number of aromatic nitrogens is 2. The fourth-order valence-electron chi connectivity index (χ4n) is 3.14. The maximum absolute atomic E-state index is 11.3. The van der Waals surface area contributed by atoms with Gasteiger partial charge in [0, 0.05) is 15.6 Å². The summed E-state index contributed by atoms with van der Waals surface area (Å²) in [6.45, 7) is 1.97. The zero-order valence-electron chi connectivity index (χ0n) is 15.3. The molecule has 28 heavy (non-hydrogen) atoms. The van der Waals surface area contributed by atoms with Gasteiger partial charge in [-0.1, -0.05) is 52.3 Å². The zero-order valence-corrected chi connectivity index (χ0v) is 16.8. The second-order valence-corrected chi connectivity index (χ2v) is 7.49. The number of hydrogen-bond acceptors (Lipinski definition) is 2. The first-order valence-electron chi connectivity index (χ1n) is 8.84. The van der Waals surface area contributed by atoms with E-state index in [-0.39, 0.29) is 0 Å². The molecule has 0 aliphatic heterocycles. The Kier molecular flexibility index (Phi) is 4.84. The topological polar surface area (TPSA) is 60.9 Å². The molecule has 1 aromatic heterocycles. The van der Waals surface area contributed by atoms with E-state index in [9.17, 15) is 4.79 Å². The van der Waals surface area contributed by atoms with Crippen LogP contribution >= 0.6 is 15.9 Å². The van der Waals surface area contributed by atoms with Gasteiger partial charge in [-0.05, 0) is 60.5 Å². The number of rotatable bonds is 4. The lowest BCUT2D eigenvalue weighted by Crippen LogP contribution is -2.10. The van der Waals surface area contributed by atoms with Crippen LogP contribution in [0.5, 0.6) is 0 Å². The third-order valence-corrected chi connectivity index (χ3v) is 5.11. The van der Waals surface area contributed by atoms with Crippen molar-refractivity contribution in [3.05, 3.63) is 94.6 Å². The molecule has 0 spiro atoms. The van der Waals surface area contributed by atoms with Crippen LogP contribution in [0.15, 0.2) is 83.3 Å². The predicted octanol–water partition coefficient (Wildman–Crippen LogP) is 5.38. The molecule has 0 saturated carbocycles. The van der Waals surface area contributed by atoms with Crippen LogP contribution in [0.2, 0.25) is 0 Å². The van der Waals surface area contributed by atoms with Gasteiger partial charge in [0.25, 0.3) is 0 Å². The van der Waals surface area contributed by atoms with Crippen LogP contribution in [0.3, 0.4) is 0 Å². The molecule has 1 amide bonds. The van der Waals surface area contributed by atoms with Crippen molar-refractivity contribution in [1.29, 1.82) is 0 Å². The Morgan fingerprint density at radius 2 is 1.39 bits per heavy atom. The Hall–Kier alpha value is -3.18. The normalized spacial score (nSPS) is 10.8. The third-order valence-electron chi connectivity index (χ3n) is 4.59. The average Bonchev–Trinajstić information content (AvgIpc) is 3.10. The molecule has 0 atom stereocenters. The van der Waals surface area contributed by atoms with Crippen LogP contribution in [0.1, 0.15) is 16.1 Å². The predicted molar refractivity (Wildman–Crippen MR) is 115 cm³/mol. The van der Waals surface area contributed by atoms with Gasteiger partial charge < -0.3 is 5.73 Å². The van der Waals surface area contributed by atoms with Gasteiger partial charge in [-0.2, -0.15) is 5.10 Å². The van der Waals surface area contributed by atoms with E-state index < -0.39 is 5.91 Å². The van der Waals surface area contributed by atoms with Gasteiger partial charge in [-0.25, -0.2) is 4.68 Å². The smallest absolute Gasteiger partial charge is 0.248 e. The van der Waals surface area contributed by atoms with Crippen LogP contribution < -0.4 is 5.73 Å². The maximum atomic E-state index is 11.3. The van der Waals surface area contributed by atoms with E-state index in [0.717, 1.165) is 32.7 Å². The summed E-state index contributed by atoms with van der Waals surface area (Å²) in [6, 6.07) is 25.9. The number of amides is 1. The van der Waals surface area contributed by atoms with E-state index in [1.165, 1.54) is 5.56 Å². The highest BCUT2D eigenvalue weighted by Crippen LogP contribution is 2.28. The number of primary amides is 1. The summed E-state index contributed by atoms with van der Waals surface area (Å²) < 4.78 is 2.95. The number of halogens is 1. The van der Waals surface area contributed by atoms with Gasteiger partial charge in [0.05, 0.1) is 17.1 Å². The summed E-state index contributed by atoms with van der Waals surface area (Å²) in [5, 5.41) is 4.62. The standard InChI is InChI=1S/C23H18BrN3O/c1-15-14-22(27(26-15)21-12-8-19(9-13-21)23(25)28)18-4-2-16(3-5-18)17-6-10-20(24)11-7-17/h2-14H,1H3,(H2,25,28). The molecule has 0 unspecified atom stereocenters. The van der Waals surface area contributed by atoms with Crippen molar-refractivity contribution in [2.75, 3.05) is 0 Å². The minimum absolute atomic E-state index is 0.438. The first-order chi connectivity index (χ1) is 13.5. The van der Waals surface area contributed by atoms with Crippen LogP contribution in [0, 0.1) is 6.92 Å². The summed E-state index contributed by atoms with van der Waals surface area (Å²) in [5.41, 5.74) is 12.0. The van der Waals surface area contributed by atoms with Gasteiger partial charge in [0.2, 0.25) is 5.91 Å². The summed E-state index contributed by atoms with van der Waals surface area (Å²) in [7, 11) is 0. The summed E-state index contributed by atoms with van der Waals surface area (Å²) in [5.74, 6) is -0.438. The van der Waals surface area contributed by atoms with Gasteiger partial charge in [0.1, 0.15) is 0 Å². The fourth-order valence-corrected chi connectivity index (χ4v) is 3.41. The lowest BCUT2D eigenvalue weighted by atomic mass is 10.0. The second-order valence-electron chi connectivity index (χ2n) is 6.58. The van der Waals surface area contributed by atoms with E-state index in [1.54, 1.807) is 12.1 Å². The molecule has 5 heteroatoms. The van der Waals surface area contributed by atoms with E-state index in [1.807, 2.05) is 35.9 Å². The maximum Gasteiger partial charge on any atom is 0.248 e. The largest absolute Gasteiger partial charge is 0.366 e. The van der Waals surface area contributed by atoms with E-state index in [0.29, 0.717) is 5.56 Å². The van der Waals surface area contributed by atoms with Crippen molar-refractivity contribution in [1.82, 2.24) is 9.78 Å². The first-order valence-corrected chi connectivity index (χ1v) is 9.64. The van der Waals surface area contributed by atoms with Crippen LogP contribution in [-0.4, -0.2) is 15.7 Å². The van der Waals surface area contributed by atoms with E-state index in [4.69, 9.17) is 5.73 Å². The molecule has 0 aliphatic carbocycles. The Morgan fingerprint density at radius 3 is 1.96 bits per heavy atom. The molecule has 2 N–H and O–H groups in total. The van der Waals surface area contributed by atoms with Gasteiger partial charge >= 0.3 is 0 Å². The third kappa shape index (κ3) is 3.62. The molecular formula is C23H18BrN3O. The Bertz CT molecular complexity index is 1130. The minimum atomic E-state index is -0.438. The first kappa shape index (κ1) is 18.2. The zero-order chi connectivity index (χ0) is 19.7. The fraction of sp³-hybridized carbons (Fsp3) is 0.0435. The minimum Gasteiger partial charge on any atom is -0.366 e. The Balaban J connectivity index is 1.70. The summed E-state index contributed by atoms with van der Waals surface area (Å²) in [4.78, 5) is 11.3. The highest BCUT2D eigenvalue weighted by atomic mass is 79.9. The summed E-state index contributed by atoms with van der Waals surface area (Å²) >= 11 is 3.47. The number of benzene rings is 3. The molecule has 138 valence electrons. The summed E-state index contributed by atoms with van der Waals surface area (Å²) in [6.07, 6.45) is 0. The molecule has 3 aromatic carbocycles. The lowest BCUT2D eigenvalue weighted by molar-refractivity contribution is 0.100. The number of nitrogens with zero attached hydrogens (tertiary/aromatic N) is 2. The molecular weight excluding hydrogens is 414 g/mol. The molecule has 0 bridgehead atoms. The van der Waals surface area contributed by atoms with Crippen molar-refractivity contribution in [2.45, 2.75) is 6.92 Å². The van der Waals surface area contributed by atoms with Gasteiger partial charge in [-0.3, -0.25) is 4.79 Å². The molecule has 0 saturated heterocycles. The van der Waals surface area contributed by atoms with E-state index in [2.05, 4.69) is 63.5 Å². The van der Waals surface area contributed by atoms with Crippen LogP contribution in [-0.2, 0) is 0 Å². The number of carbonyl (C=O) groups is 1. The van der Waals surface area contributed by atoms with Crippen molar-refractivity contribution in [3.8, 4) is 28.1 Å². The molecule has 4 aromatic rings. The average molecular weight is 432 g/mol. The highest BCUT2D eigenvalue weighted by Gasteiger charge is 2.11. The van der Waals surface area contributed by atoms with Crippen molar-refractivity contribution < 1.29 is 4.79 Å². The molecule has 0 fully saturated rings. The van der Waals surface area contributed by atoms with E-state index >= 15 is 0 Å². The molecule has 0 aliphatic rings. The Labute approximate surface area is 171 Å². The lowest BCUT2D eigenvalue weighted by Gasteiger charge is -2.09. The molecule has 1 heterocycles. The highest BCUT2D eigenvalue weighted by molar-refractivity contribution is 9.10. The van der Waals surface area contributed by atoms with Crippen LogP contribution in [0.25, 0.3) is 28.1 Å². The van der Waals surface area contributed by atoms with Crippen molar-refractivity contribution in [2.24, 2.45) is 5.73 Å². The van der Waals surface area contributed by atoms with Crippen LogP contribution in [0.4, 0.5) is 0 Å². The monoisotopic (exact) mass is 431 g/mol. The number of aryl methyl sites for hydroxylation is 1. The van der Waals surface area contributed by atoms with Gasteiger partial charge in [-0.15, -0.1) is 0 Å². The number of hydrogen-bond donors (Lipinski definition) is 1. The van der Waals surface area contributed by atoms with Gasteiger partial charge in [0.15, 0.2) is 0 Å². The SMILES string of the molecule is Cc1cc(-c2ccc(-c3ccc(Br)cc3)cc2)n(-c2ccc(C(N)=O)cc2)n1. The Morgan fingerprint density at radius 1 is 0.857 bits per heavy atom. The molecule has 4 nitrogen and oxygen atoms in total. The number of nitrogens with two attached hydrogens (primary N) is 1. The van der Waals surface area contributed by atoms with Crippen molar-refractivity contribution in [3.63, 3.8) is 0 Å². The molecule has 0 radical (unpaired) electrons. The van der Waals surface area contributed by atoms with Crippen molar-refractivity contribution >= 4 is 21.8 Å². The second kappa shape index (κ2) is 7.44. The number of carbonyl (C=O) groups excluding carboxylic acids is 1. The molecule has 4 rings (SSSR count). The quantitative estimate of drug-likeness (QED) is 0.471.